The van der Waals surface area contributed by atoms with Gasteiger partial charge in [0.2, 0.25) is 0 Å². The van der Waals surface area contributed by atoms with Crippen molar-refractivity contribution in [1.82, 2.24) is 5.32 Å². The number of hydrogen-bond acceptors (Lipinski definition) is 1. The molecule has 0 aromatic heterocycles. The van der Waals surface area contributed by atoms with Crippen molar-refractivity contribution in [3.8, 4) is 0 Å². The van der Waals surface area contributed by atoms with Gasteiger partial charge in [0, 0.05) is 12.1 Å². The smallest absolute Gasteiger partial charge is 0.251 e. The number of amides is 1. The van der Waals surface area contributed by atoms with Crippen LogP contribution in [0.2, 0.25) is 0 Å². The highest BCUT2D eigenvalue weighted by molar-refractivity contribution is 5.94. The fourth-order valence-electron chi connectivity index (χ4n) is 1.83. The van der Waals surface area contributed by atoms with Crippen molar-refractivity contribution < 1.29 is 4.79 Å². The largest absolute Gasteiger partial charge is 0.352 e. The normalized spacial score (nSPS) is 11.3. The molecule has 1 amide bonds. The van der Waals surface area contributed by atoms with Crippen LogP contribution in [0.1, 0.15) is 49.2 Å². The van der Waals surface area contributed by atoms with Crippen molar-refractivity contribution in [2.75, 3.05) is 6.54 Å². The first-order valence-electron chi connectivity index (χ1n) is 5.75. The van der Waals surface area contributed by atoms with Gasteiger partial charge < -0.3 is 5.32 Å². The van der Waals surface area contributed by atoms with Gasteiger partial charge in [-0.2, -0.15) is 0 Å². The Balaban J connectivity index is 3.13. The number of carbonyl (C=O) groups is 1. The fraction of sp³-hybridized carbons (Fsp3) is 0.500. The zero-order valence-corrected chi connectivity index (χ0v) is 10.8. The molecule has 2 nitrogen and oxygen atoms in total. The summed E-state index contributed by atoms with van der Waals surface area (Å²) in [4.78, 5) is 11.7. The van der Waals surface area contributed by atoms with Gasteiger partial charge in [-0.3, -0.25) is 4.79 Å². The summed E-state index contributed by atoms with van der Waals surface area (Å²) in [5.41, 5.74) is 3.29. The number of aryl methyl sites for hydroxylation is 1. The van der Waals surface area contributed by atoms with E-state index in [1.165, 1.54) is 11.1 Å². The minimum Gasteiger partial charge on any atom is -0.352 e. The van der Waals surface area contributed by atoms with E-state index in [0.29, 0.717) is 6.54 Å². The van der Waals surface area contributed by atoms with Crippen LogP contribution in [0.4, 0.5) is 0 Å². The lowest BCUT2D eigenvalue weighted by molar-refractivity contribution is 0.0955. The molecule has 0 aliphatic rings. The van der Waals surface area contributed by atoms with Gasteiger partial charge in [0.25, 0.3) is 5.91 Å². The van der Waals surface area contributed by atoms with Gasteiger partial charge in [0.05, 0.1) is 0 Å². The van der Waals surface area contributed by atoms with Crippen LogP contribution in [0.15, 0.2) is 18.2 Å². The van der Waals surface area contributed by atoms with Crippen molar-refractivity contribution in [2.45, 2.75) is 40.0 Å². The Bertz CT molecular complexity index is 388. The quantitative estimate of drug-likeness (QED) is 0.814. The van der Waals surface area contributed by atoms with E-state index in [-0.39, 0.29) is 11.3 Å². The molecule has 0 atom stereocenters. The third-order valence-electron chi connectivity index (χ3n) is 2.65. The summed E-state index contributed by atoms with van der Waals surface area (Å²) in [6.07, 6.45) is 0. The van der Waals surface area contributed by atoms with Gasteiger partial charge in [0.1, 0.15) is 0 Å². The Kier molecular flexibility index (Phi) is 3.74. The second-order valence-electron chi connectivity index (χ2n) is 5.14. The molecular formula is C14H21NO. The van der Waals surface area contributed by atoms with Crippen LogP contribution in [-0.2, 0) is 5.41 Å². The Morgan fingerprint density at radius 2 is 1.94 bits per heavy atom. The SMILES string of the molecule is CCNC(=O)c1ccc(C)c(C(C)(C)C)c1. The highest BCUT2D eigenvalue weighted by Gasteiger charge is 2.17. The van der Waals surface area contributed by atoms with Crippen LogP contribution in [0, 0.1) is 6.92 Å². The number of hydrogen-bond donors (Lipinski definition) is 1. The molecular weight excluding hydrogens is 198 g/mol. The molecule has 0 aliphatic heterocycles. The van der Waals surface area contributed by atoms with E-state index in [0.717, 1.165) is 5.56 Å². The van der Waals surface area contributed by atoms with E-state index < -0.39 is 0 Å². The topological polar surface area (TPSA) is 29.1 Å². The molecule has 1 N–H and O–H groups in total. The molecule has 1 aromatic carbocycles. The predicted molar refractivity (Wildman–Crippen MR) is 67.9 cm³/mol. The number of benzene rings is 1. The summed E-state index contributed by atoms with van der Waals surface area (Å²) in [6, 6.07) is 5.90. The van der Waals surface area contributed by atoms with E-state index in [2.05, 4.69) is 33.0 Å². The Morgan fingerprint density at radius 3 is 2.44 bits per heavy atom. The molecule has 0 saturated heterocycles. The second kappa shape index (κ2) is 4.69. The maximum absolute atomic E-state index is 11.7. The summed E-state index contributed by atoms with van der Waals surface area (Å²) in [5, 5.41) is 2.82. The average Bonchev–Trinajstić information content (AvgIpc) is 2.16. The summed E-state index contributed by atoms with van der Waals surface area (Å²) < 4.78 is 0. The van der Waals surface area contributed by atoms with Crippen LogP contribution in [0.3, 0.4) is 0 Å². The van der Waals surface area contributed by atoms with Crippen LogP contribution in [0.25, 0.3) is 0 Å². The van der Waals surface area contributed by atoms with Gasteiger partial charge in [-0.05, 0) is 42.5 Å². The van der Waals surface area contributed by atoms with Crippen molar-refractivity contribution >= 4 is 5.91 Å². The van der Waals surface area contributed by atoms with E-state index >= 15 is 0 Å². The lowest BCUT2D eigenvalue weighted by Crippen LogP contribution is -2.23. The summed E-state index contributed by atoms with van der Waals surface area (Å²) in [7, 11) is 0. The van der Waals surface area contributed by atoms with Crippen LogP contribution in [0.5, 0.6) is 0 Å². The molecule has 1 rings (SSSR count). The molecule has 88 valence electrons. The number of carbonyl (C=O) groups excluding carboxylic acids is 1. The van der Waals surface area contributed by atoms with Gasteiger partial charge in [0.15, 0.2) is 0 Å². The lowest BCUT2D eigenvalue weighted by Gasteiger charge is -2.22. The monoisotopic (exact) mass is 219 g/mol. The van der Waals surface area contributed by atoms with E-state index in [1.54, 1.807) is 0 Å². The summed E-state index contributed by atoms with van der Waals surface area (Å²) in [5.74, 6) is 0.00741. The van der Waals surface area contributed by atoms with Crippen LogP contribution >= 0.6 is 0 Å². The highest BCUT2D eigenvalue weighted by Crippen LogP contribution is 2.26. The minimum absolute atomic E-state index is 0.00741. The van der Waals surface area contributed by atoms with E-state index in [1.807, 2.05) is 25.1 Å². The molecule has 1 aromatic rings. The Hall–Kier alpha value is -1.31. The number of nitrogens with one attached hydrogen (secondary N) is 1. The molecule has 16 heavy (non-hydrogen) atoms. The fourth-order valence-corrected chi connectivity index (χ4v) is 1.83. The summed E-state index contributed by atoms with van der Waals surface area (Å²) in [6.45, 7) is 11.2. The molecule has 0 aliphatic carbocycles. The molecule has 0 fully saturated rings. The maximum Gasteiger partial charge on any atom is 0.251 e. The van der Waals surface area contributed by atoms with Crippen molar-refractivity contribution in [1.29, 1.82) is 0 Å². The Morgan fingerprint density at radius 1 is 1.31 bits per heavy atom. The van der Waals surface area contributed by atoms with Crippen molar-refractivity contribution in [3.63, 3.8) is 0 Å². The molecule has 0 bridgehead atoms. The van der Waals surface area contributed by atoms with Gasteiger partial charge >= 0.3 is 0 Å². The minimum atomic E-state index is 0.00741. The highest BCUT2D eigenvalue weighted by atomic mass is 16.1. The van der Waals surface area contributed by atoms with Gasteiger partial charge in [-0.25, -0.2) is 0 Å². The third kappa shape index (κ3) is 2.84. The molecule has 2 heteroatoms. The molecule has 0 unspecified atom stereocenters. The first-order valence-corrected chi connectivity index (χ1v) is 5.75. The molecule has 0 spiro atoms. The molecule has 0 radical (unpaired) electrons. The van der Waals surface area contributed by atoms with Crippen molar-refractivity contribution in [3.05, 3.63) is 34.9 Å². The zero-order valence-electron chi connectivity index (χ0n) is 10.8. The van der Waals surface area contributed by atoms with Gasteiger partial charge in [-0.1, -0.05) is 26.8 Å². The maximum atomic E-state index is 11.7. The first kappa shape index (κ1) is 12.8. The first-order chi connectivity index (χ1) is 7.36. The molecule has 0 heterocycles. The lowest BCUT2D eigenvalue weighted by atomic mass is 9.83. The second-order valence-corrected chi connectivity index (χ2v) is 5.14. The third-order valence-corrected chi connectivity index (χ3v) is 2.65. The molecule has 0 saturated carbocycles. The summed E-state index contributed by atoms with van der Waals surface area (Å²) >= 11 is 0. The predicted octanol–water partition coefficient (Wildman–Crippen LogP) is 3.04. The Labute approximate surface area is 98.1 Å². The van der Waals surface area contributed by atoms with Crippen LogP contribution < -0.4 is 5.32 Å². The zero-order chi connectivity index (χ0) is 12.3. The number of rotatable bonds is 2. The van der Waals surface area contributed by atoms with Crippen LogP contribution in [-0.4, -0.2) is 12.5 Å². The average molecular weight is 219 g/mol. The van der Waals surface area contributed by atoms with E-state index in [9.17, 15) is 4.79 Å². The van der Waals surface area contributed by atoms with E-state index in [4.69, 9.17) is 0 Å². The van der Waals surface area contributed by atoms with Gasteiger partial charge in [-0.15, -0.1) is 0 Å². The van der Waals surface area contributed by atoms with Crippen molar-refractivity contribution in [2.24, 2.45) is 0 Å². The standard InChI is InChI=1S/C14H21NO/c1-6-15-13(16)11-8-7-10(2)12(9-11)14(3,4)5/h7-9H,6H2,1-5H3,(H,15,16).